The molecule has 2 atom stereocenters. The van der Waals surface area contributed by atoms with Gasteiger partial charge in [0.1, 0.15) is 21.0 Å². The summed E-state index contributed by atoms with van der Waals surface area (Å²) in [5.41, 5.74) is 1.98. The molecule has 0 saturated heterocycles. The maximum atomic E-state index is 15.4. The largest absolute Gasteiger partial charge is 0.338 e. The highest BCUT2D eigenvalue weighted by Gasteiger charge is 2.48. The van der Waals surface area contributed by atoms with E-state index in [0.29, 0.717) is 34.5 Å². The highest BCUT2D eigenvalue weighted by Crippen LogP contribution is 2.51. The first-order valence-electron chi connectivity index (χ1n) is 12.4. The molecular weight excluding hydrogens is 582 g/mol. The van der Waals surface area contributed by atoms with E-state index in [4.69, 9.17) is 0 Å². The van der Waals surface area contributed by atoms with Crippen LogP contribution >= 0.6 is 50.5 Å². The fourth-order valence-electron chi connectivity index (χ4n) is 4.94. The van der Waals surface area contributed by atoms with Crippen LogP contribution in [0.1, 0.15) is 58.5 Å². The summed E-state index contributed by atoms with van der Waals surface area (Å²) in [6, 6.07) is 2.16. The molecule has 2 aliphatic rings. The van der Waals surface area contributed by atoms with Gasteiger partial charge in [-0.25, -0.2) is 9.61 Å². The van der Waals surface area contributed by atoms with Crippen molar-refractivity contribution in [2.75, 3.05) is 5.32 Å². The van der Waals surface area contributed by atoms with Crippen molar-refractivity contribution in [2.45, 2.75) is 54.2 Å². The number of amides is 2. The van der Waals surface area contributed by atoms with Crippen LogP contribution in [0, 0.1) is 37.5 Å². The van der Waals surface area contributed by atoms with Gasteiger partial charge in [0.15, 0.2) is 5.69 Å². The van der Waals surface area contributed by atoms with Gasteiger partial charge in [-0.3, -0.25) is 14.7 Å². The standard InChI is InChI=1S/C24H28FN7O3S4/c1-9-15(18(30-29-9)20(36)24(37,38)39)13-7-8-14(26-21(13)25)27-23(34)19(16(11-3-4-11)12-5-6-12)28-22(33)17-10(2)31-35-32-17/h7-8,11-12,16,19-20,36-39H,3-6H2,1-2H3,(H,28,33)(H,29,30)(H,26,27,34)/t19-,20?/m0/s1. The number of aromatic nitrogens is 5. The molecule has 2 amide bonds. The smallest absolute Gasteiger partial charge is 0.276 e. The molecule has 0 aromatic carbocycles. The molecule has 5 rings (SSSR count). The molecule has 0 spiro atoms. The van der Waals surface area contributed by atoms with E-state index in [-0.39, 0.29) is 23.0 Å². The average molecular weight is 610 g/mol. The van der Waals surface area contributed by atoms with E-state index in [2.05, 4.69) is 91.3 Å². The number of anilines is 1. The first kappa shape index (κ1) is 28.3. The van der Waals surface area contributed by atoms with Crippen LogP contribution in [0.3, 0.4) is 0 Å². The lowest BCUT2D eigenvalue weighted by Crippen LogP contribution is -2.50. The normalized spacial score (nSPS) is 17.2. The van der Waals surface area contributed by atoms with Crippen LogP contribution in [0.4, 0.5) is 10.2 Å². The van der Waals surface area contributed by atoms with E-state index in [1.165, 1.54) is 12.1 Å². The van der Waals surface area contributed by atoms with E-state index in [0.717, 1.165) is 25.7 Å². The van der Waals surface area contributed by atoms with Gasteiger partial charge in [-0.2, -0.15) is 22.1 Å². The molecule has 2 fully saturated rings. The fourth-order valence-corrected chi connectivity index (χ4v) is 5.49. The van der Waals surface area contributed by atoms with Crippen molar-refractivity contribution in [1.29, 1.82) is 0 Å². The van der Waals surface area contributed by atoms with Gasteiger partial charge >= 0.3 is 0 Å². The number of carbonyl (C=O) groups excluding carboxylic acids is 2. The van der Waals surface area contributed by atoms with Crippen molar-refractivity contribution >= 4 is 68.1 Å². The van der Waals surface area contributed by atoms with Gasteiger partial charge < -0.3 is 10.6 Å². The number of pyridine rings is 1. The zero-order valence-electron chi connectivity index (χ0n) is 21.1. The van der Waals surface area contributed by atoms with E-state index in [1.807, 2.05) is 0 Å². The summed E-state index contributed by atoms with van der Waals surface area (Å²) >= 11 is 17.5. The van der Waals surface area contributed by atoms with Crippen LogP contribution in [0.25, 0.3) is 11.1 Å². The SMILES string of the molecule is Cc1nonc1C(=O)N[C@H](C(=O)Nc1ccc(-c2c(C(S)C(S)(S)S)n[nH]c2C)c(F)n1)C(C1CC1)C1CC1. The van der Waals surface area contributed by atoms with Crippen molar-refractivity contribution in [1.82, 2.24) is 30.8 Å². The molecular formula is C24H28FN7O3S4. The Morgan fingerprint density at radius 3 is 2.33 bits per heavy atom. The van der Waals surface area contributed by atoms with E-state index in [1.54, 1.807) is 13.8 Å². The predicted octanol–water partition coefficient (Wildman–Crippen LogP) is 4.20. The summed E-state index contributed by atoms with van der Waals surface area (Å²) in [6.07, 6.45) is 3.99. The molecule has 3 aromatic heterocycles. The molecule has 0 aliphatic heterocycles. The first-order valence-corrected chi connectivity index (χ1v) is 14.3. The lowest BCUT2D eigenvalue weighted by molar-refractivity contribution is -0.119. The topological polar surface area (TPSA) is 139 Å². The minimum Gasteiger partial charge on any atom is -0.338 e. The summed E-state index contributed by atoms with van der Waals surface area (Å²) in [5, 5.41) is 19.3. The first-order chi connectivity index (χ1) is 18.5. The van der Waals surface area contributed by atoms with Gasteiger partial charge in [0.2, 0.25) is 11.9 Å². The molecule has 2 aliphatic carbocycles. The number of H-pyrrole nitrogens is 1. The minimum atomic E-state index is -1.13. The summed E-state index contributed by atoms with van der Waals surface area (Å²) in [4.78, 5) is 30.5. The van der Waals surface area contributed by atoms with Crippen LogP contribution in [0.5, 0.6) is 0 Å². The molecule has 10 nitrogen and oxygen atoms in total. The predicted molar refractivity (Wildman–Crippen MR) is 156 cm³/mol. The lowest BCUT2D eigenvalue weighted by atomic mass is 9.88. The molecule has 2 saturated carbocycles. The number of carbonyl (C=O) groups is 2. The zero-order valence-corrected chi connectivity index (χ0v) is 24.6. The van der Waals surface area contributed by atoms with Gasteiger partial charge in [0, 0.05) is 16.8 Å². The molecule has 15 heteroatoms. The number of nitrogens with one attached hydrogen (secondary N) is 3. The summed E-state index contributed by atoms with van der Waals surface area (Å²) in [7, 11) is 0. The minimum absolute atomic E-state index is 0.0159. The van der Waals surface area contributed by atoms with Crippen molar-refractivity contribution in [3.63, 3.8) is 0 Å². The third-order valence-electron chi connectivity index (χ3n) is 7.12. The third-order valence-corrected chi connectivity index (χ3v) is 9.14. The van der Waals surface area contributed by atoms with Crippen molar-refractivity contribution in [3.05, 3.63) is 40.9 Å². The second-order valence-electron chi connectivity index (χ2n) is 10.1. The van der Waals surface area contributed by atoms with Gasteiger partial charge in [0.25, 0.3) is 5.91 Å². The zero-order chi connectivity index (χ0) is 28.1. The van der Waals surface area contributed by atoms with Gasteiger partial charge in [0.05, 0.1) is 10.9 Å². The Labute approximate surface area is 246 Å². The number of hydrogen-bond donors (Lipinski definition) is 7. The quantitative estimate of drug-likeness (QED) is 0.104. The number of nitrogens with zero attached hydrogens (tertiary/aromatic N) is 4. The Balaban J connectivity index is 1.39. The lowest BCUT2D eigenvalue weighted by Gasteiger charge is -2.27. The number of aryl methyl sites for hydroxylation is 2. The fraction of sp³-hybridized carbons (Fsp3) is 0.500. The monoisotopic (exact) mass is 609 g/mol. The Hall–Kier alpha value is -2.23. The van der Waals surface area contributed by atoms with Crippen LogP contribution in [0.2, 0.25) is 0 Å². The van der Waals surface area contributed by atoms with Crippen molar-refractivity contribution < 1.29 is 18.6 Å². The number of halogens is 1. The Morgan fingerprint density at radius 1 is 1.13 bits per heavy atom. The average Bonchev–Trinajstić information content (AvgIpc) is 3.80. The molecule has 3 heterocycles. The molecule has 3 aromatic rings. The van der Waals surface area contributed by atoms with Crippen LogP contribution in [-0.4, -0.2) is 46.8 Å². The molecule has 39 heavy (non-hydrogen) atoms. The summed E-state index contributed by atoms with van der Waals surface area (Å²) in [6.45, 7) is 3.34. The summed E-state index contributed by atoms with van der Waals surface area (Å²) in [5.74, 6) is -1.17. The van der Waals surface area contributed by atoms with Crippen LogP contribution in [-0.2, 0) is 4.79 Å². The Bertz CT molecular complexity index is 1390. The van der Waals surface area contributed by atoms with Gasteiger partial charge in [-0.1, -0.05) is 5.16 Å². The van der Waals surface area contributed by atoms with Gasteiger partial charge in [-0.15, -0.1) is 37.9 Å². The van der Waals surface area contributed by atoms with Crippen LogP contribution < -0.4 is 10.6 Å². The third kappa shape index (κ3) is 6.10. The van der Waals surface area contributed by atoms with Crippen LogP contribution in [0.15, 0.2) is 16.8 Å². The molecule has 0 radical (unpaired) electrons. The number of thiol groups is 4. The molecule has 1 unspecified atom stereocenters. The maximum Gasteiger partial charge on any atom is 0.276 e. The van der Waals surface area contributed by atoms with Gasteiger partial charge in [-0.05, 0) is 74.6 Å². The van der Waals surface area contributed by atoms with Crippen molar-refractivity contribution in [2.24, 2.45) is 17.8 Å². The van der Waals surface area contributed by atoms with E-state index >= 15 is 4.39 Å². The molecule has 3 N–H and O–H groups in total. The summed E-state index contributed by atoms with van der Waals surface area (Å²) < 4.78 is 18.9. The Morgan fingerprint density at radius 2 is 1.79 bits per heavy atom. The number of aromatic amines is 1. The highest BCUT2D eigenvalue weighted by atomic mass is 32.2. The van der Waals surface area contributed by atoms with E-state index in [9.17, 15) is 9.59 Å². The highest BCUT2D eigenvalue weighted by molar-refractivity contribution is 8.17. The second kappa shape index (κ2) is 11.0. The van der Waals surface area contributed by atoms with E-state index < -0.39 is 32.5 Å². The maximum absolute atomic E-state index is 15.4. The second-order valence-corrected chi connectivity index (χ2v) is 13.8. The molecule has 0 bridgehead atoms. The van der Waals surface area contributed by atoms with Crippen molar-refractivity contribution in [3.8, 4) is 11.1 Å². The molecule has 208 valence electrons. The Kier molecular flexibility index (Phi) is 7.97. The number of rotatable bonds is 10. The number of hydrogen-bond acceptors (Lipinski definition) is 11.